The fourth-order valence-corrected chi connectivity index (χ4v) is 12.4. The molecule has 1 heterocycles. The Kier molecular flexibility index (Phi) is 6.46. The number of piperidine rings is 1. The topological polar surface area (TPSA) is 70.0 Å². The molecule has 0 aromatic rings. The quantitative estimate of drug-likeness (QED) is 0.456. The highest BCUT2D eigenvalue weighted by Crippen LogP contribution is 2.89. The second kappa shape index (κ2) is 8.92. The number of fused-ring (bicyclic) bond motifs is 2. The molecule has 5 nitrogen and oxygen atoms in total. The predicted octanol–water partition coefficient (Wildman–Crippen LogP) is 5.81. The van der Waals surface area contributed by atoms with E-state index in [1.165, 1.54) is 38.5 Å². The number of rotatable bonds is 6. The van der Waals surface area contributed by atoms with Crippen LogP contribution >= 0.6 is 0 Å². The number of carbonyl (C=O) groups is 1. The number of carbonyl (C=O) groups excluding carboxylic acids is 1. The fraction of sp³-hybridized carbons (Fsp3) is 0.970. The van der Waals surface area contributed by atoms with E-state index < -0.39 is 0 Å². The Bertz CT molecular complexity index is 951. The molecule has 0 bridgehead atoms. The Morgan fingerprint density at radius 2 is 1.68 bits per heavy atom. The van der Waals surface area contributed by atoms with Crippen molar-refractivity contribution in [3.8, 4) is 0 Å². The molecular formula is C33H55NO4. The number of methoxy groups -OCH3 is 1. The number of aliphatic hydroxyl groups is 2. The molecule has 5 heteroatoms. The van der Waals surface area contributed by atoms with Crippen molar-refractivity contribution in [1.29, 1.82) is 0 Å². The van der Waals surface area contributed by atoms with Gasteiger partial charge in [0.15, 0.2) is 0 Å². The molecule has 6 unspecified atom stereocenters. The maximum atomic E-state index is 12.5. The van der Waals surface area contributed by atoms with E-state index in [0.717, 1.165) is 38.6 Å². The lowest BCUT2D eigenvalue weighted by Crippen LogP contribution is -2.59. The maximum Gasteiger partial charge on any atom is 0.222 e. The minimum atomic E-state index is -0.247. The second-order valence-electron chi connectivity index (χ2n) is 16.0. The molecule has 5 saturated carbocycles. The van der Waals surface area contributed by atoms with Crippen molar-refractivity contribution < 1.29 is 19.7 Å². The van der Waals surface area contributed by atoms with Gasteiger partial charge in [0.2, 0.25) is 5.91 Å². The highest BCUT2D eigenvalue weighted by atomic mass is 16.5. The molecule has 38 heavy (non-hydrogen) atoms. The lowest BCUT2D eigenvalue weighted by Gasteiger charge is -2.63. The average molecular weight is 530 g/mol. The highest BCUT2D eigenvalue weighted by molar-refractivity contribution is 5.76. The number of amides is 1. The van der Waals surface area contributed by atoms with Gasteiger partial charge in [-0.2, -0.15) is 0 Å². The third kappa shape index (κ3) is 3.43. The van der Waals surface area contributed by atoms with E-state index in [0.29, 0.717) is 47.5 Å². The summed E-state index contributed by atoms with van der Waals surface area (Å²) in [5, 5.41) is 22.9. The van der Waals surface area contributed by atoms with Crippen molar-refractivity contribution in [3.63, 3.8) is 0 Å². The molecule has 2 spiro atoms. The lowest BCUT2D eigenvalue weighted by atomic mass is 9.41. The molecule has 1 aliphatic heterocycles. The summed E-state index contributed by atoms with van der Waals surface area (Å²) in [5.74, 6) is 2.42. The van der Waals surface area contributed by atoms with E-state index in [4.69, 9.17) is 4.74 Å². The van der Waals surface area contributed by atoms with Crippen molar-refractivity contribution in [2.45, 2.75) is 130 Å². The molecule has 11 atom stereocenters. The van der Waals surface area contributed by atoms with E-state index in [2.05, 4.69) is 34.6 Å². The van der Waals surface area contributed by atoms with Gasteiger partial charge in [-0.05, 0) is 116 Å². The van der Waals surface area contributed by atoms with Crippen LogP contribution in [0.4, 0.5) is 0 Å². The first-order valence-electron chi connectivity index (χ1n) is 16.0. The standard InChI is InChI=1S/C33H55NO4/c1-21(17-22(38-6)19-34-16-8-7-9-28(34)37)23-18-27(36)31(5)25-11-10-24-29(2,3)26(35)12-13-32(24)20-33(25,32)15-14-30(23,31)4/h21-27,35-36H,7-20H2,1-6H3/t21-,22?,23-,24+,25?,26?,27+,30?,31-,32?,33?/m1/s1. The third-order valence-electron chi connectivity index (χ3n) is 14.7. The highest BCUT2D eigenvalue weighted by Gasteiger charge is 2.83. The van der Waals surface area contributed by atoms with Gasteiger partial charge in [-0.15, -0.1) is 0 Å². The molecule has 5 aliphatic carbocycles. The molecule has 6 rings (SSSR count). The minimum Gasteiger partial charge on any atom is -0.393 e. The SMILES string of the molecule is COC(C[C@@H](C)[C@H]1C[C@H](O)[C@@]2(C)C3CC[C@H]4C(C)(C)C(O)CCC45CC35CCC12C)CN1CCCCC1=O. The van der Waals surface area contributed by atoms with E-state index in [-0.39, 0.29) is 40.5 Å². The number of likely N-dealkylation sites (tertiary alicyclic amines) is 1. The lowest BCUT2D eigenvalue weighted by molar-refractivity contribution is -0.182. The van der Waals surface area contributed by atoms with Crippen LogP contribution in [0.3, 0.4) is 0 Å². The predicted molar refractivity (Wildman–Crippen MR) is 149 cm³/mol. The third-order valence-corrected chi connectivity index (χ3v) is 14.7. The Hall–Kier alpha value is -0.650. The van der Waals surface area contributed by atoms with E-state index in [1.807, 2.05) is 4.90 Å². The van der Waals surface area contributed by atoms with Crippen LogP contribution in [0.2, 0.25) is 0 Å². The van der Waals surface area contributed by atoms with Gasteiger partial charge in [-0.1, -0.05) is 34.6 Å². The van der Waals surface area contributed by atoms with Crippen LogP contribution in [0.15, 0.2) is 0 Å². The van der Waals surface area contributed by atoms with Crippen molar-refractivity contribution in [2.75, 3.05) is 20.2 Å². The van der Waals surface area contributed by atoms with Crippen molar-refractivity contribution >= 4 is 5.91 Å². The van der Waals surface area contributed by atoms with Crippen molar-refractivity contribution in [2.24, 2.45) is 50.7 Å². The molecule has 6 aliphatic rings. The first-order chi connectivity index (χ1) is 17.9. The molecule has 216 valence electrons. The Balaban J connectivity index is 1.22. The van der Waals surface area contributed by atoms with E-state index >= 15 is 0 Å². The largest absolute Gasteiger partial charge is 0.393 e. The molecular weight excluding hydrogens is 474 g/mol. The monoisotopic (exact) mass is 529 g/mol. The average Bonchev–Trinajstić information content (AvgIpc) is 3.50. The van der Waals surface area contributed by atoms with Gasteiger partial charge in [-0.3, -0.25) is 4.79 Å². The fourth-order valence-electron chi connectivity index (χ4n) is 12.4. The normalized spacial score (nSPS) is 50.9. The number of hydrogen-bond acceptors (Lipinski definition) is 4. The Morgan fingerprint density at radius 1 is 0.974 bits per heavy atom. The molecule has 2 N–H and O–H groups in total. The molecule has 1 amide bonds. The molecule has 0 radical (unpaired) electrons. The summed E-state index contributed by atoms with van der Waals surface area (Å²) >= 11 is 0. The summed E-state index contributed by atoms with van der Waals surface area (Å²) in [6, 6.07) is 0. The summed E-state index contributed by atoms with van der Waals surface area (Å²) in [4.78, 5) is 14.5. The van der Waals surface area contributed by atoms with Crippen LogP contribution in [-0.4, -0.2) is 59.5 Å². The summed E-state index contributed by atoms with van der Waals surface area (Å²) in [7, 11) is 1.80. The first-order valence-corrected chi connectivity index (χ1v) is 16.0. The van der Waals surface area contributed by atoms with Crippen LogP contribution in [-0.2, 0) is 9.53 Å². The number of ether oxygens (including phenoxy) is 1. The van der Waals surface area contributed by atoms with Crippen LogP contribution in [0, 0.1) is 50.7 Å². The van der Waals surface area contributed by atoms with E-state index in [1.54, 1.807) is 7.11 Å². The Morgan fingerprint density at radius 3 is 2.39 bits per heavy atom. The summed E-state index contributed by atoms with van der Waals surface area (Å²) in [5.41, 5.74) is 0.856. The maximum absolute atomic E-state index is 12.5. The molecule has 6 fully saturated rings. The van der Waals surface area contributed by atoms with Crippen molar-refractivity contribution in [1.82, 2.24) is 4.90 Å². The van der Waals surface area contributed by atoms with E-state index in [9.17, 15) is 15.0 Å². The van der Waals surface area contributed by atoms with Gasteiger partial charge in [0.05, 0.1) is 18.3 Å². The number of aliphatic hydroxyl groups excluding tert-OH is 2. The van der Waals surface area contributed by atoms with Gasteiger partial charge in [0, 0.05) is 32.0 Å². The smallest absolute Gasteiger partial charge is 0.222 e. The zero-order chi connectivity index (χ0) is 27.3. The zero-order valence-electron chi connectivity index (χ0n) is 25.1. The van der Waals surface area contributed by atoms with Gasteiger partial charge in [-0.25, -0.2) is 0 Å². The summed E-state index contributed by atoms with van der Waals surface area (Å²) in [6.07, 6.45) is 12.7. The molecule has 1 saturated heterocycles. The van der Waals surface area contributed by atoms with Crippen LogP contribution in [0.1, 0.15) is 112 Å². The molecule has 0 aromatic heterocycles. The van der Waals surface area contributed by atoms with Gasteiger partial charge in [0.1, 0.15) is 0 Å². The second-order valence-corrected chi connectivity index (χ2v) is 16.0. The van der Waals surface area contributed by atoms with Crippen molar-refractivity contribution in [3.05, 3.63) is 0 Å². The number of hydrogen-bond donors (Lipinski definition) is 2. The van der Waals surface area contributed by atoms with Gasteiger partial charge < -0.3 is 19.8 Å². The molecule has 0 aromatic carbocycles. The minimum absolute atomic E-state index is 0.00458. The Labute approximate surface area is 231 Å². The van der Waals surface area contributed by atoms with Crippen LogP contribution in [0.5, 0.6) is 0 Å². The summed E-state index contributed by atoms with van der Waals surface area (Å²) < 4.78 is 5.97. The van der Waals surface area contributed by atoms with Gasteiger partial charge >= 0.3 is 0 Å². The number of nitrogens with zero attached hydrogens (tertiary/aromatic N) is 1. The van der Waals surface area contributed by atoms with Crippen LogP contribution in [0.25, 0.3) is 0 Å². The van der Waals surface area contributed by atoms with Crippen LogP contribution < -0.4 is 0 Å². The summed E-state index contributed by atoms with van der Waals surface area (Å²) in [6.45, 7) is 13.6. The zero-order valence-corrected chi connectivity index (χ0v) is 25.1. The van der Waals surface area contributed by atoms with Gasteiger partial charge in [0.25, 0.3) is 0 Å². The first kappa shape index (κ1) is 27.5.